The summed E-state index contributed by atoms with van der Waals surface area (Å²) >= 11 is 0. The predicted octanol–water partition coefficient (Wildman–Crippen LogP) is 6.59. The quantitative estimate of drug-likeness (QED) is 0.301. The summed E-state index contributed by atoms with van der Waals surface area (Å²) < 4.78 is 0. The van der Waals surface area contributed by atoms with Crippen molar-refractivity contribution in [3.05, 3.63) is 145 Å². The Morgan fingerprint density at radius 2 is 0.881 bits per heavy atom. The number of aliphatic hydroxyl groups excluding tert-OH is 4. The number of carbonyl (C=O) groups is 2. The molecule has 0 fully saturated rings. The molecule has 0 aromatic heterocycles. The van der Waals surface area contributed by atoms with Crippen LogP contribution in [0.25, 0.3) is 0 Å². The molecule has 0 saturated carbocycles. The van der Waals surface area contributed by atoms with Crippen molar-refractivity contribution in [3.63, 3.8) is 0 Å². The molecule has 6 rings (SSSR count). The molecule has 0 amide bonds. The first-order valence-corrected chi connectivity index (χ1v) is 14.4. The Balaban J connectivity index is 1.37. The lowest BCUT2D eigenvalue weighted by atomic mass is 9.58. The topological polar surface area (TPSA) is 115 Å². The second kappa shape index (κ2) is 11.4. The molecule has 0 spiro atoms. The van der Waals surface area contributed by atoms with Crippen LogP contribution >= 0.6 is 0 Å². The van der Waals surface area contributed by atoms with Crippen LogP contribution in [0.1, 0.15) is 0 Å². The van der Waals surface area contributed by atoms with Gasteiger partial charge in [0.1, 0.15) is 11.5 Å². The third-order valence-corrected chi connectivity index (χ3v) is 9.40. The highest BCUT2D eigenvalue weighted by molar-refractivity contribution is 6.00. The summed E-state index contributed by atoms with van der Waals surface area (Å²) in [5.74, 6) is -1.76. The number of ketones is 2. The summed E-state index contributed by atoms with van der Waals surface area (Å²) in [5.41, 5.74) is 0. The van der Waals surface area contributed by atoms with Gasteiger partial charge in [-0.15, -0.1) is 0 Å². The van der Waals surface area contributed by atoms with E-state index in [0.29, 0.717) is 0 Å². The summed E-state index contributed by atoms with van der Waals surface area (Å²) in [6.45, 7) is 0. The van der Waals surface area contributed by atoms with Gasteiger partial charge in [0.15, 0.2) is 11.6 Å². The molecule has 6 aliphatic carbocycles. The summed E-state index contributed by atoms with van der Waals surface area (Å²) in [6.07, 6.45) is 35.7. The molecule has 0 aromatic rings. The van der Waals surface area contributed by atoms with Crippen LogP contribution in [0, 0.1) is 59.2 Å². The van der Waals surface area contributed by atoms with Crippen molar-refractivity contribution in [3.8, 4) is 0 Å². The Kier molecular flexibility index (Phi) is 7.46. The van der Waals surface area contributed by atoms with Crippen LogP contribution in [-0.2, 0) is 9.59 Å². The molecule has 6 nitrogen and oxygen atoms in total. The summed E-state index contributed by atoms with van der Waals surface area (Å²) in [6, 6.07) is 0. The lowest BCUT2D eigenvalue weighted by Crippen LogP contribution is -2.41. The van der Waals surface area contributed by atoms with Crippen molar-refractivity contribution in [2.75, 3.05) is 0 Å². The van der Waals surface area contributed by atoms with Crippen molar-refractivity contribution in [1.82, 2.24) is 0 Å². The highest BCUT2D eigenvalue weighted by Gasteiger charge is 2.47. The Bertz CT molecular complexity index is 1490. The normalized spacial score (nSPS) is 36.2. The van der Waals surface area contributed by atoms with E-state index in [1.165, 1.54) is 12.2 Å². The monoisotopic (exact) mass is 562 g/mol. The van der Waals surface area contributed by atoms with E-state index in [9.17, 15) is 30.0 Å². The smallest absolute Gasteiger partial charge is 0.178 e. The minimum Gasteiger partial charge on any atom is -0.512 e. The minimum absolute atomic E-state index is 0.0739. The zero-order valence-corrected chi connectivity index (χ0v) is 22.9. The molecule has 0 radical (unpaired) electrons. The van der Waals surface area contributed by atoms with E-state index in [-0.39, 0.29) is 87.9 Å². The maximum atomic E-state index is 11.8. The molecule has 6 aliphatic rings. The van der Waals surface area contributed by atoms with Gasteiger partial charge in [-0.3, -0.25) is 9.59 Å². The summed E-state index contributed by atoms with van der Waals surface area (Å²) in [4.78, 5) is 23.7. The second-order valence-electron chi connectivity index (χ2n) is 11.8. The average molecular weight is 563 g/mol. The van der Waals surface area contributed by atoms with Gasteiger partial charge in [0, 0.05) is 23.7 Å². The molecule has 6 heteroatoms. The number of hydrogen-bond acceptors (Lipinski definition) is 6. The zero-order chi connectivity index (χ0) is 29.4. The molecule has 0 unspecified atom stereocenters. The van der Waals surface area contributed by atoms with Gasteiger partial charge in [0.2, 0.25) is 0 Å². The highest BCUT2D eigenvalue weighted by atomic mass is 16.3. The van der Waals surface area contributed by atoms with Crippen molar-refractivity contribution in [2.24, 2.45) is 59.2 Å². The Hall–Kier alpha value is -4.58. The van der Waals surface area contributed by atoms with Gasteiger partial charge in [-0.1, -0.05) is 60.8 Å². The van der Waals surface area contributed by atoms with Crippen LogP contribution in [0.2, 0.25) is 0 Å². The van der Waals surface area contributed by atoms with E-state index in [2.05, 4.69) is 12.2 Å². The van der Waals surface area contributed by atoms with E-state index in [1.807, 2.05) is 54.7 Å². The van der Waals surface area contributed by atoms with Crippen LogP contribution < -0.4 is 0 Å². The van der Waals surface area contributed by atoms with Crippen molar-refractivity contribution in [1.29, 1.82) is 0 Å². The Morgan fingerprint density at radius 1 is 0.429 bits per heavy atom. The molecule has 42 heavy (non-hydrogen) atoms. The first-order valence-electron chi connectivity index (χ1n) is 14.4. The van der Waals surface area contributed by atoms with Crippen molar-refractivity contribution in [2.45, 2.75) is 0 Å². The largest absolute Gasteiger partial charge is 0.512 e. The van der Waals surface area contributed by atoms with Crippen LogP contribution in [0.3, 0.4) is 0 Å². The minimum atomic E-state index is -0.419. The molecule has 0 aromatic carbocycles. The predicted molar refractivity (Wildman–Crippen MR) is 161 cm³/mol. The SMILES string of the molecule is O=C1C=CC([C@H]2C(O)=CC=C[C@@H]2[C@@H]2C=CC(O)=C[C@H]2[C@H]2C(O)=CC=C[C@@H]2[C@@H]2C=CC(O)=C[C@H]2C2C=CC(=O)C=C2)C=C1. The van der Waals surface area contributed by atoms with Gasteiger partial charge in [0.25, 0.3) is 0 Å². The maximum absolute atomic E-state index is 11.8. The number of rotatable bonds is 5. The molecular formula is C36H34O6. The fourth-order valence-corrected chi connectivity index (χ4v) is 7.51. The lowest BCUT2D eigenvalue weighted by Gasteiger charge is -2.45. The Labute approximate surface area is 245 Å². The molecule has 0 aliphatic heterocycles. The van der Waals surface area contributed by atoms with Crippen molar-refractivity contribution >= 4 is 11.6 Å². The molecule has 0 heterocycles. The van der Waals surface area contributed by atoms with Gasteiger partial charge in [0.05, 0.1) is 11.5 Å². The molecule has 8 atom stereocenters. The van der Waals surface area contributed by atoms with Crippen molar-refractivity contribution < 1.29 is 30.0 Å². The van der Waals surface area contributed by atoms with E-state index in [0.717, 1.165) is 0 Å². The molecule has 4 N–H and O–H groups in total. The van der Waals surface area contributed by atoms with E-state index >= 15 is 0 Å². The summed E-state index contributed by atoms with van der Waals surface area (Å²) in [7, 11) is 0. The summed E-state index contributed by atoms with van der Waals surface area (Å²) in [5, 5.41) is 43.7. The molecule has 214 valence electrons. The van der Waals surface area contributed by atoms with Gasteiger partial charge in [-0.05, 0) is 96.3 Å². The average Bonchev–Trinajstić information content (AvgIpc) is 2.98. The van der Waals surface area contributed by atoms with Crippen LogP contribution in [-0.4, -0.2) is 32.0 Å². The molecule has 0 bridgehead atoms. The highest BCUT2D eigenvalue weighted by Crippen LogP contribution is 2.51. The first kappa shape index (κ1) is 27.6. The van der Waals surface area contributed by atoms with Gasteiger partial charge in [-0.25, -0.2) is 0 Å². The maximum Gasteiger partial charge on any atom is 0.178 e. The number of allylic oxidation sites excluding steroid dienone is 22. The standard InChI is InChI=1S/C36H34O6/c37-23-11-7-21(8-12-23)31-19-25(39)15-17-27(31)30-4-2-6-34(42)36(30)32-20-26(40)16-18-28(32)29-3-1-5-33(41)35(29)22-9-13-24(38)14-10-22/h1-22,27-32,35-36,39-42H/t27-,28-,29+,30+,31-,32+,35+,36-/m0/s1. The van der Waals surface area contributed by atoms with E-state index < -0.39 is 5.92 Å². The first-order chi connectivity index (χ1) is 20.3. The van der Waals surface area contributed by atoms with Crippen LogP contribution in [0.4, 0.5) is 0 Å². The number of aliphatic hydroxyl groups is 4. The third-order valence-electron chi connectivity index (χ3n) is 9.40. The van der Waals surface area contributed by atoms with Gasteiger partial charge < -0.3 is 20.4 Å². The fraction of sp³-hybridized carbons (Fsp3) is 0.278. The number of hydrogen-bond donors (Lipinski definition) is 4. The van der Waals surface area contributed by atoms with Crippen LogP contribution in [0.15, 0.2) is 145 Å². The molecular weight excluding hydrogens is 528 g/mol. The Morgan fingerprint density at radius 3 is 1.45 bits per heavy atom. The molecule has 0 saturated heterocycles. The van der Waals surface area contributed by atoms with E-state index in [1.54, 1.807) is 42.5 Å². The third kappa shape index (κ3) is 5.25. The van der Waals surface area contributed by atoms with Gasteiger partial charge in [-0.2, -0.15) is 0 Å². The zero-order valence-electron chi connectivity index (χ0n) is 22.9. The van der Waals surface area contributed by atoms with Crippen LogP contribution in [0.5, 0.6) is 0 Å². The van der Waals surface area contributed by atoms with Gasteiger partial charge >= 0.3 is 0 Å². The van der Waals surface area contributed by atoms with E-state index in [4.69, 9.17) is 0 Å². The second-order valence-corrected chi connectivity index (χ2v) is 11.8. The number of carbonyl (C=O) groups excluding carboxylic acids is 2. The fourth-order valence-electron chi connectivity index (χ4n) is 7.51. The lowest BCUT2D eigenvalue weighted by molar-refractivity contribution is -0.111.